The summed E-state index contributed by atoms with van der Waals surface area (Å²) < 4.78 is 1.31. The second-order valence-corrected chi connectivity index (χ2v) is 6.71. The fraction of sp³-hybridized carbons (Fsp3) is 1.00. The average Bonchev–Trinajstić information content (AvgIpc) is 2.20. The molecule has 5 atom stereocenters. The maximum Gasteiger partial charge on any atom is 0.0893 e. The minimum absolute atomic E-state index is 0.691. The van der Waals surface area contributed by atoms with E-state index in [0.29, 0.717) is 5.41 Å². The first-order chi connectivity index (χ1) is 6.87. The van der Waals surface area contributed by atoms with Crippen molar-refractivity contribution in [1.82, 2.24) is 0 Å². The zero-order chi connectivity index (χ0) is 11.4. The van der Waals surface area contributed by atoms with Crippen molar-refractivity contribution in [2.45, 2.75) is 59.5 Å². The topological polar surface area (TPSA) is 0 Å². The van der Waals surface area contributed by atoms with Gasteiger partial charge >= 0.3 is 0 Å². The number of piperidine rings is 2. The first-order valence-corrected chi connectivity index (χ1v) is 6.72. The Balaban J connectivity index is 2.27. The van der Waals surface area contributed by atoms with Crippen molar-refractivity contribution in [3.05, 3.63) is 0 Å². The third-order valence-electron chi connectivity index (χ3n) is 6.34. The van der Waals surface area contributed by atoms with E-state index in [2.05, 4.69) is 41.7 Å². The van der Waals surface area contributed by atoms with Gasteiger partial charge in [-0.25, -0.2) is 0 Å². The van der Waals surface area contributed by atoms with Crippen LogP contribution in [0.15, 0.2) is 0 Å². The highest BCUT2D eigenvalue weighted by Gasteiger charge is 2.64. The summed E-state index contributed by atoms with van der Waals surface area (Å²) >= 11 is 0. The summed E-state index contributed by atoms with van der Waals surface area (Å²) in [4.78, 5) is 0. The highest BCUT2D eigenvalue weighted by atomic mass is 15.4. The van der Waals surface area contributed by atoms with E-state index in [1.54, 1.807) is 0 Å². The first-order valence-electron chi connectivity index (χ1n) is 6.72. The van der Waals surface area contributed by atoms with Crippen LogP contribution in [-0.4, -0.2) is 30.2 Å². The Hall–Kier alpha value is -0.0400. The van der Waals surface area contributed by atoms with Gasteiger partial charge < -0.3 is 4.48 Å². The van der Waals surface area contributed by atoms with Crippen LogP contribution >= 0.6 is 0 Å². The first kappa shape index (κ1) is 11.4. The van der Waals surface area contributed by atoms with E-state index in [9.17, 15) is 0 Å². The lowest BCUT2D eigenvalue weighted by Crippen LogP contribution is -2.74. The van der Waals surface area contributed by atoms with E-state index in [4.69, 9.17) is 0 Å². The Bertz CT molecular complexity index is 260. The normalized spacial score (nSPS) is 54.2. The van der Waals surface area contributed by atoms with Gasteiger partial charge in [-0.05, 0) is 39.5 Å². The number of rotatable bonds is 2. The maximum atomic E-state index is 2.50. The van der Waals surface area contributed by atoms with Crippen molar-refractivity contribution >= 4 is 0 Å². The zero-order valence-corrected chi connectivity index (χ0v) is 11.4. The monoisotopic (exact) mass is 210 g/mol. The molecule has 3 fully saturated rings. The fourth-order valence-corrected chi connectivity index (χ4v) is 4.41. The highest BCUT2D eigenvalue weighted by Crippen LogP contribution is 2.61. The SMILES string of the molecule is CCC12CC(C1C)C(C)[N+](C)(C(C)C)C2. The van der Waals surface area contributed by atoms with Gasteiger partial charge in [0.15, 0.2) is 0 Å². The predicted molar refractivity (Wildman–Crippen MR) is 65.6 cm³/mol. The van der Waals surface area contributed by atoms with Crippen LogP contribution in [0.4, 0.5) is 0 Å². The number of nitrogens with zero attached hydrogens (tertiary/aromatic N) is 1. The van der Waals surface area contributed by atoms with Crippen LogP contribution in [0.5, 0.6) is 0 Å². The molecule has 88 valence electrons. The van der Waals surface area contributed by atoms with Crippen LogP contribution in [0.1, 0.15) is 47.5 Å². The van der Waals surface area contributed by atoms with E-state index in [1.165, 1.54) is 23.9 Å². The smallest absolute Gasteiger partial charge is 0.0893 e. The molecule has 1 aliphatic carbocycles. The standard InChI is InChI=1S/C14H28N/c1-7-14-8-13(11(14)4)12(5)15(6,9-14)10(2)3/h10-13H,7-9H2,1-6H3/q+1. The van der Waals surface area contributed by atoms with Crippen molar-refractivity contribution < 1.29 is 4.48 Å². The molecule has 0 aromatic carbocycles. The third kappa shape index (κ3) is 1.25. The molecule has 3 rings (SSSR count). The minimum Gasteiger partial charge on any atom is -0.321 e. The van der Waals surface area contributed by atoms with Crippen LogP contribution in [0.3, 0.4) is 0 Å². The molecule has 15 heavy (non-hydrogen) atoms. The van der Waals surface area contributed by atoms with E-state index in [0.717, 1.165) is 23.9 Å². The molecule has 0 radical (unpaired) electrons. The highest BCUT2D eigenvalue weighted by molar-refractivity contribution is 5.04. The molecule has 0 amide bonds. The van der Waals surface area contributed by atoms with Crippen molar-refractivity contribution in [3.63, 3.8) is 0 Å². The summed E-state index contributed by atoms with van der Waals surface area (Å²) in [6, 6.07) is 1.65. The second-order valence-electron chi connectivity index (χ2n) is 6.71. The summed E-state index contributed by atoms with van der Waals surface area (Å²) in [5, 5.41) is 0. The molecular weight excluding hydrogens is 182 g/mol. The van der Waals surface area contributed by atoms with Gasteiger partial charge in [0.2, 0.25) is 0 Å². The van der Waals surface area contributed by atoms with Crippen molar-refractivity contribution in [2.75, 3.05) is 13.6 Å². The predicted octanol–water partition coefficient (Wildman–Crippen LogP) is 3.30. The summed E-state index contributed by atoms with van der Waals surface area (Å²) in [5.74, 6) is 1.97. The van der Waals surface area contributed by atoms with Crippen LogP contribution in [0.2, 0.25) is 0 Å². The van der Waals surface area contributed by atoms with Crippen LogP contribution in [0, 0.1) is 17.3 Å². The molecule has 0 aromatic heterocycles. The Morgan fingerprint density at radius 1 is 1.33 bits per heavy atom. The largest absolute Gasteiger partial charge is 0.321 e. The number of hydrogen-bond donors (Lipinski definition) is 0. The fourth-order valence-electron chi connectivity index (χ4n) is 4.41. The van der Waals surface area contributed by atoms with Gasteiger partial charge in [0.1, 0.15) is 0 Å². The van der Waals surface area contributed by atoms with Crippen molar-refractivity contribution in [2.24, 2.45) is 17.3 Å². The minimum atomic E-state index is 0.691. The molecule has 2 heterocycles. The molecule has 2 bridgehead atoms. The molecule has 1 heteroatoms. The average molecular weight is 210 g/mol. The molecule has 0 spiro atoms. The Kier molecular flexibility index (Phi) is 2.46. The lowest BCUT2D eigenvalue weighted by molar-refractivity contribution is -0.976. The van der Waals surface area contributed by atoms with Gasteiger partial charge in [0, 0.05) is 11.3 Å². The zero-order valence-electron chi connectivity index (χ0n) is 11.4. The number of fused-ring (bicyclic) bond motifs is 2. The lowest BCUT2D eigenvalue weighted by atomic mass is 9.47. The van der Waals surface area contributed by atoms with Crippen molar-refractivity contribution in [1.29, 1.82) is 0 Å². The molecule has 0 N–H and O–H groups in total. The van der Waals surface area contributed by atoms with Gasteiger partial charge in [-0.1, -0.05) is 13.8 Å². The number of hydrogen-bond acceptors (Lipinski definition) is 0. The van der Waals surface area contributed by atoms with Gasteiger partial charge in [0.05, 0.1) is 25.7 Å². The molecule has 0 aromatic rings. The van der Waals surface area contributed by atoms with Crippen LogP contribution < -0.4 is 0 Å². The van der Waals surface area contributed by atoms with Crippen LogP contribution in [0.25, 0.3) is 0 Å². The molecule has 3 aliphatic rings. The van der Waals surface area contributed by atoms with E-state index in [1.807, 2.05) is 0 Å². The third-order valence-corrected chi connectivity index (χ3v) is 6.34. The quantitative estimate of drug-likeness (QED) is 0.614. The van der Waals surface area contributed by atoms with E-state index >= 15 is 0 Å². The number of quaternary nitrogens is 1. The second kappa shape index (κ2) is 3.23. The van der Waals surface area contributed by atoms with E-state index in [-0.39, 0.29) is 0 Å². The summed E-state index contributed by atoms with van der Waals surface area (Å²) in [7, 11) is 2.48. The molecule has 2 aliphatic heterocycles. The van der Waals surface area contributed by atoms with Gasteiger partial charge in [-0.3, -0.25) is 0 Å². The molecule has 1 nitrogen and oxygen atoms in total. The Morgan fingerprint density at radius 2 is 1.93 bits per heavy atom. The Morgan fingerprint density at radius 3 is 2.33 bits per heavy atom. The maximum absolute atomic E-state index is 2.50. The summed E-state index contributed by atoms with van der Waals surface area (Å²) in [5.41, 5.74) is 0.691. The lowest BCUT2D eigenvalue weighted by Gasteiger charge is -2.67. The Labute approximate surface area is 95.4 Å². The molecular formula is C14H28N+. The van der Waals surface area contributed by atoms with Crippen LogP contribution in [-0.2, 0) is 0 Å². The van der Waals surface area contributed by atoms with Gasteiger partial charge in [-0.2, -0.15) is 0 Å². The molecule has 1 saturated carbocycles. The summed E-state index contributed by atoms with van der Waals surface area (Å²) in [6.07, 6.45) is 2.89. The van der Waals surface area contributed by atoms with Gasteiger partial charge in [0.25, 0.3) is 0 Å². The summed E-state index contributed by atoms with van der Waals surface area (Å²) in [6.45, 7) is 13.6. The molecule has 5 unspecified atom stereocenters. The van der Waals surface area contributed by atoms with Gasteiger partial charge in [-0.15, -0.1) is 0 Å². The van der Waals surface area contributed by atoms with E-state index < -0.39 is 0 Å². The van der Waals surface area contributed by atoms with Crippen molar-refractivity contribution in [3.8, 4) is 0 Å². The molecule has 2 saturated heterocycles.